The van der Waals surface area contributed by atoms with Gasteiger partial charge in [-0.2, -0.15) is 29.4 Å². The van der Waals surface area contributed by atoms with Gasteiger partial charge in [-0.15, -0.1) is 162 Å². The van der Waals surface area contributed by atoms with Crippen LogP contribution in [0.1, 0.15) is 21.9 Å². The van der Waals surface area contributed by atoms with Crippen molar-refractivity contribution in [2.75, 3.05) is 0 Å². The van der Waals surface area contributed by atoms with E-state index in [2.05, 4.69) is 76.4 Å². The number of hydrogen-bond donors (Lipinski definition) is 1. The number of para-hydroxylation sites is 1. The van der Waals surface area contributed by atoms with E-state index in [1.165, 1.54) is 12.3 Å². The first-order valence-electron chi connectivity index (χ1n) is 25.8. The van der Waals surface area contributed by atoms with Crippen molar-refractivity contribution in [1.29, 1.82) is 0 Å². The third-order valence-corrected chi connectivity index (χ3v) is 11.2. The van der Waals surface area contributed by atoms with Crippen molar-refractivity contribution < 1.29 is 90.3 Å². The molecule has 0 saturated carbocycles. The number of aromatic carboxylic acids is 1. The van der Waals surface area contributed by atoms with Crippen LogP contribution >= 0.6 is 0 Å². The van der Waals surface area contributed by atoms with Crippen LogP contribution in [-0.2, 0) is 94.5 Å². The van der Waals surface area contributed by atoms with Gasteiger partial charge in [-0.1, -0.05) is 61.9 Å². The number of aryl methyl sites for hydroxylation is 4. The predicted molar refractivity (Wildman–Crippen MR) is 321 cm³/mol. The maximum atomic E-state index is 10.1. The molecule has 13 rings (SSSR count). The minimum absolute atomic E-state index is 0. The number of aromatic nitrogens is 11. The summed E-state index contributed by atoms with van der Waals surface area (Å²) in [4.78, 5) is 39.2. The number of carboxylic acid groups (broad SMARTS) is 1. The summed E-state index contributed by atoms with van der Waals surface area (Å²) in [5, 5.41) is 12.4. The Morgan fingerprint density at radius 3 is 1.15 bits per heavy atom. The van der Waals surface area contributed by atoms with Gasteiger partial charge in [0.1, 0.15) is 5.69 Å². The SMILES string of the molecule is Cc1c[c-]c(-c2nccn2C)c(C)n1.Cn1ccnc1-c1[c-]cccc1.O=C(O)c1ccccn1.[Ir].[Ir].[Ir].[Ir].[c-]1ccccc1-c1ccccn1.[c-]1ccccc1-c1ccccn1.[c-]1ccccc1-c1ccccn1.[c-]1ccccc1-n1cccn1. The zero-order valence-electron chi connectivity index (χ0n) is 47.0. The van der Waals surface area contributed by atoms with Gasteiger partial charge in [0.15, 0.2) is 0 Å². The molecule has 4 radical (unpaired) electrons. The Bertz CT molecular complexity index is 3510. The largest absolute Gasteiger partial charge is 0.477 e. The van der Waals surface area contributed by atoms with Gasteiger partial charge in [-0.3, -0.25) is 14.6 Å². The molecular formula is C69H57Ir4N11O2-6. The summed E-state index contributed by atoms with van der Waals surface area (Å²) in [5.41, 5.74) is 11.0. The molecular weight excluding hydrogens is 1780 g/mol. The summed E-state index contributed by atoms with van der Waals surface area (Å²) in [5.74, 6) is 0.876. The molecule has 5 aromatic carbocycles. The van der Waals surface area contributed by atoms with Gasteiger partial charge < -0.3 is 34.2 Å². The van der Waals surface area contributed by atoms with Crippen LogP contribution in [0.5, 0.6) is 0 Å². The average Bonchev–Trinajstić information content (AvgIpc) is 4.50. The first-order valence-corrected chi connectivity index (χ1v) is 25.8. The van der Waals surface area contributed by atoms with Crippen molar-refractivity contribution in [2.45, 2.75) is 13.8 Å². The number of pyridine rings is 5. The van der Waals surface area contributed by atoms with E-state index < -0.39 is 5.97 Å². The van der Waals surface area contributed by atoms with E-state index in [0.717, 1.165) is 73.6 Å². The Balaban J connectivity index is 0.000000261. The second-order valence-electron chi connectivity index (χ2n) is 17.2. The number of carboxylic acids is 1. The van der Waals surface area contributed by atoms with Crippen molar-refractivity contribution in [1.82, 2.24) is 53.8 Å². The molecule has 1 N–H and O–H groups in total. The average molecular weight is 1840 g/mol. The maximum Gasteiger partial charge on any atom is 0.354 e. The van der Waals surface area contributed by atoms with Crippen LogP contribution in [0.4, 0.5) is 0 Å². The Hall–Kier alpha value is -8.45. The Morgan fingerprint density at radius 2 is 0.826 bits per heavy atom. The molecule has 0 aliphatic rings. The normalized spacial score (nSPS) is 9.35. The molecule has 0 spiro atoms. The summed E-state index contributed by atoms with van der Waals surface area (Å²) in [7, 11) is 3.94. The van der Waals surface area contributed by atoms with E-state index in [1.807, 2.05) is 244 Å². The third kappa shape index (κ3) is 24.3. The maximum absolute atomic E-state index is 10.1. The fraction of sp³-hybridized carbons (Fsp3) is 0.0580. The minimum atomic E-state index is -0.990. The smallest absolute Gasteiger partial charge is 0.354 e. The zero-order chi connectivity index (χ0) is 57.4. The number of nitrogens with zero attached hydrogens (tertiary/aromatic N) is 11. The molecule has 0 aliphatic heterocycles. The number of rotatable bonds is 7. The molecule has 442 valence electrons. The van der Waals surface area contributed by atoms with Gasteiger partial charge in [0.2, 0.25) is 0 Å². The van der Waals surface area contributed by atoms with Gasteiger partial charge >= 0.3 is 5.97 Å². The van der Waals surface area contributed by atoms with E-state index in [4.69, 9.17) is 5.11 Å². The molecule has 17 heteroatoms. The van der Waals surface area contributed by atoms with Crippen LogP contribution in [0, 0.1) is 50.2 Å². The molecule has 86 heavy (non-hydrogen) atoms. The molecule has 8 aromatic heterocycles. The molecule has 0 saturated heterocycles. The van der Waals surface area contributed by atoms with Crippen LogP contribution in [-0.4, -0.2) is 64.9 Å². The van der Waals surface area contributed by atoms with Crippen molar-refractivity contribution >= 4 is 5.97 Å². The van der Waals surface area contributed by atoms with Crippen molar-refractivity contribution in [3.8, 4) is 62.2 Å². The van der Waals surface area contributed by atoms with E-state index in [-0.39, 0.29) is 86.1 Å². The van der Waals surface area contributed by atoms with Gasteiger partial charge in [0.05, 0.1) is 11.6 Å². The first kappa shape index (κ1) is 71.8. The molecule has 0 atom stereocenters. The predicted octanol–water partition coefficient (Wildman–Crippen LogP) is 13.9. The van der Waals surface area contributed by atoms with Crippen LogP contribution < -0.4 is 0 Å². The van der Waals surface area contributed by atoms with Crippen LogP contribution in [0.25, 0.3) is 62.2 Å². The monoisotopic (exact) mass is 1840 g/mol. The Kier molecular flexibility index (Phi) is 34.0. The van der Waals surface area contributed by atoms with E-state index in [9.17, 15) is 4.79 Å². The summed E-state index contributed by atoms with van der Waals surface area (Å²) >= 11 is 0. The number of hydrogen-bond acceptors (Lipinski definition) is 9. The van der Waals surface area contributed by atoms with Gasteiger partial charge in [0, 0.05) is 156 Å². The molecule has 0 aliphatic carbocycles. The minimum Gasteiger partial charge on any atom is -0.477 e. The summed E-state index contributed by atoms with van der Waals surface area (Å²) in [6.45, 7) is 3.94. The van der Waals surface area contributed by atoms with Crippen LogP contribution in [0.3, 0.4) is 0 Å². The second kappa shape index (κ2) is 40.7. The molecule has 13 nitrogen and oxygen atoms in total. The molecule has 0 fully saturated rings. The van der Waals surface area contributed by atoms with E-state index in [1.54, 1.807) is 54.0 Å². The fourth-order valence-electron chi connectivity index (χ4n) is 7.28. The summed E-state index contributed by atoms with van der Waals surface area (Å²) in [6, 6.07) is 84.0. The van der Waals surface area contributed by atoms with Crippen molar-refractivity contribution in [3.05, 3.63) is 322 Å². The molecule has 0 amide bonds. The van der Waals surface area contributed by atoms with E-state index >= 15 is 0 Å². The van der Waals surface area contributed by atoms with Crippen molar-refractivity contribution in [3.63, 3.8) is 0 Å². The van der Waals surface area contributed by atoms with Gasteiger partial charge in [0.25, 0.3) is 0 Å². The van der Waals surface area contributed by atoms with Crippen LogP contribution in [0.2, 0.25) is 0 Å². The van der Waals surface area contributed by atoms with Gasteiger partial charge in [-0.25, -0.2) is 9.78 Å². The third-order valence-electron chi connectivity index (χ3n) is 11.2. The van der Waals surface area contributed by atoms with Gasteiger partial charge in [-0.05, 0) is 70.6 Å². The topological polar surface area (TPSA) is 155 Å². The quantitative estimate of drug-likeness (QED) is 0.152. The number of imidazole rings is 2. The van der Waals surface area contributed by atoms with Crippen molar-refractivity contribution in [2.24, 2.45) is 14.1 Å². The molecule has 13 aromatic rings. The Morgan fingerprint density at radius 1 is 0.407 bits per heavy atom. The Labute approximate surface area is 557 Å². The molecule has 0 bridgehead atoms. The second-order valence-corrected chi connectivity index (χ2v) is 17.2. The summed E-state index contributed by atoms with van der Waals surface area (Å²) < 4.78 is 5.72. The zero-order valence-corrected chi connectivity index (χ0v) is 56.6. The number of benzene rings is 5. The number of carbonyl (C=O) groups is 1. The van der Waals surface area contributed by atoms with Crippen LogP contribution in [0.15, 0.2) is 268 Å². The molecule has 0 unspecified atom stereocenters. The first-order chi connectivity index (χ1) is 40.2. The molecule has 8 heterocycles. The summed E-state index contributed by atoms with van der Waals surface area (Å²) in [6.07, 6.45) is 17.9. The van der Waals surface area contributed by atoms with E-state index in [0.29, 0.717) is 0 Å². The standard InChI is InChI=1S/C11H12N3.3C11H8N.C10H9N2.C9H7N2.C6H5NO2.4Ir/c1-8-4-5-10(9(2)13-8)11-12-6-7-14(11)3;3*1-2-6-10(7-3-1)11-8-4-5-9-12-11;1-12-8-7-11-10(12)9-5-3-2-4-6-9;1-2-5-9(6-3-1)11-8-4-7-10-11;8-6(9)5-3-1-2-4-7-5;;;;/h4,6-7H,1-3H3;3*1-6,8-9H;2-5,7-8H,1H3;1-5,7-8H;1-4H,(H,8,9);;;;/q6*-1;;;;;. The fourth-order valence-corrected chi connectivity index (χ4v) is 7.28.